The highest BCUT2D eigenvalue weighted by Gasteiger charge is 2.47. The van der Waals surface area contributed by atoms with E-state index in [2.05, 4.69) is 48.0 Å². The lowest BCUT2D eigenvalue weighted by molar-refractivity contribution is -0.132. The van der Waals surface area contributed by atoms with Crippen molar-refractivity contribution in [2.45, 2.75) is 51.7 Å². The molecule has 2 heterocycles. The van der Waals surface area contributed by atoms with E-state index in [1.807, 2.05) is 13.0 Å². The van der Waals surface area contributed by atoms with Crippen LogP contribution in [0.1, 0.15) is 39.2 Å². The molecule has 3 rings (SSSR count). The molecule has 24 heavy (non-hydrogen) atoms. The number of guanidine groups is 1. The van der Waals surface area contributed by atoms with Gasteiger partial charge in [-0.3, -0.25) is 14.6 Å². The highest BCUT2D eigenvalue weighted by atomic mass is 16.2. The fourth-order valence-electron chi connectivity index (χ4n) is 4.01. The lowest BCUT2D eigenvalue weighted by atomic mass is 9.90. The van der Waals surface area contributed by atoms with Crippen LogP contribution in [0.5, 0.6) is 0 Å². The van der Waals surface area contributed by atoms with Crippen LogP contribution in [0.25, 0.3) is 0 Å². The average Bonchev–Trinajstić information content (AvgIpc) is 3.03. The number of amides is 1. The molecule has 0 bridgehead atoms. The molecule has 0 aliphatic carbocycles. The number of carbonyl (C=O) groups excluding carboxylic acids is 1. The van der Waals surface area contributed by atoms with E-state index >= 15 is 0 Å². The van der Waals surface area contributed by atoms with Crippen molar-refractivity contribution in [1.29, 1.82) is 0 Å². The summed E-state index contributed by atoms with van der Waals surface area (Å²) in [6.45, 7) is 8.90. The predicted octanol–water partition coefficient (Wildman–Crippen LogP) is 2.22. The van der Waals surface area contributed by atoms with Crippen LogP contribution in [0.3, 0.4) is 0 Å². The maximum Gasteiger partial charge on any atom is 0.257 e. The number of aliphatic imine (C=N–C) groups is 1. The summed E-state index contributed by atoms with van der Waals surface area (Å²) in [5.41, 5.74) is 6.75. The standard InChI is InChI=1S/C19H28N4O/c1-14(2)11-19(3)17(24)23(18(20)21-19)16-9-10-22(13-16)12-15-7-5-4-6-8-15/h4-8,14,16H,9-13H2,1-3H3,(H2,20,21). The Balaban J connectivity index is 1.66. The molecule has 2 unspecified atom stereocenters. The Bertz CT molecular complexity index is 628. The van der Waals surface area contributed by atoms with Gasteiger partial charge in [-0.1, -0.05) is 44.2 Å². The average molecular weight is 328 g/mol. The third-order valence-electron chi connectivity index (χ3n) is 4.96. The second-order valence-electron chi connectivity index (χ2n) is 7.68. The van der Waals surface area contributed by atoms with E-state index in [-0.39, 0.29) is 11.9 Å². The van der Waals surface area contributed by atoms with Gasteiger partial charge in [0.15, 0.2) is 5.96 Å². The van der Waals surface area contributed by atoms with E-state index in [0.29, 0.717) is 11.9 Å². The van der Waals surface area contributed by atoms with Crippen LogP contribution in [-0.4, -0.2) is 46.3 Å². The van der Waals surface area contributed by atoms with Gasteiger partial charge in [0, 0.05) is 19.6 Å². The Kier molecular flexibility index (Phi) is 4.63. The van der Waals surface area contributed by atoms with E-state index in [4.69, 9.17) is 5.73 Å². The highest BCUT2D eigenvalue weighted by molar-refractivity contribution is 6.06. The molecule has 1 saturated heterocycles. The molecule has 2 N–H and O–H groups in total. The van der Waals surface area contributed by atoms with Gasteiger partial charge in [0.2, 0.25) is 0 Å². The van der Waals surface area contributed by atoms with Crippen molar-refractivity contribution < 1.29 is 4.79 Å². The van der Waals surface area contributed by atoms with E-state index < -0.39 is 5.54 Å². The molecule has 0 aromatic heterocycles. The molecule has 0 saturated carbocycles. The van der Waals surface area contributed by atoms with E-state index in [1.165, 1.54) is 5.56 Å². The Labute approximate surface area is 144 Å². The number of nitrogens with zero attached hydrogens (tertiary/aromatic N) is 3. The zero-order chi connectivity index (χ0) is 17.3. The van der Waals surface area contributed by atoms with E-state index in [0.717, 1.165) is 32.5 Å². The predicted molar refractivity (Wildman–Crippen MR) is 96.5 cm³/mol. The number of hydrogen-bond donors (Lipinski definition) is 1. The van der Waals surface area contributed by atoms with Gasteiger partial charge in [0.1, 0.15) is 5.54 Å². The first-order valence-electron chi connectivity index (χ1n) is 8.84. The molecule has 130 valence electrons. The van der Waals surface area contributed by atoms with Crippen molar-refractivity contribution in [2.24, 2.45) is 16.6 Å². The minimum atomic E-state index is -0.689. The number of likely N-dealkylation sites (tertiary alicyclic amines) is 1. The van der Waals surface area contributed by atoms with Gasteiger partial charge in [-0.25, -0.2) is 4.99 Å². The highest BCUT2D eigenvalue weighted by Crippen LogP contribution is 2.31. The van der Waals surface area contributed by atoms with Crippen LogP contribution in [0.15, 0.2) is 35.3 Å². The molecule has 0 radical (unpaired) electrons. The van der Waals surface area contributed by atoms with Gasteiger partial charge < -0.3 is 5.73 Å². The molecular formula is C19H28N4O. The number of carbonyl (C=O) groups is 1. The lowest BCUT2D eigenvalue weighted by Crippen LogP contribution is -2.49. The van der Waals surface area contributed by atoms with Gasteiger partial charge in [0.05, 0.1) is 6.04 Å². The van der Waals surface area contributed by atoms with Gasteiger partial charge in [-0.05, 0) is 31.2 Å². The molecular weight excluding hydrogens is 300 g/mol. The molecule has 1 fully saturated rings. The molecule has 5 nitrogen and oxygen atoms in total. The second kappa shape index (κ2) is 6.55. The number of hydrogen-bond acceptors (Lipinski definition) is 4. The Morgan fingerprint density at radius 2 is 2.04 bits per heavy atom. The van der Waals surface area contributed by atoms with Gasteiger partial charge in [-0.15, -0.1) is 0 Å². The monoisotopic (exact) mass is 328 g/mol. The molecule has 2 aliphatic rings. The summed E-state index contributed by atoms with van der Waals surface area (Å²) >= 11 is 0. The lowest BCUT2D eigenvalue weighted by Gasteiger charge is -2.28. The molecule has 0 spiro atoms. The molecule has 1 amide bonds. The number of benzene rings is 1. The number of nitrogens with two attached hydrogens (primary N) is 1. The summed E-state index contributed by atoms with van der Waals surface area (Å²) in [7, 11) is 0. The van der Waals surface area contributed by atoms with E-state index in [1.54, 1.807) is 4.90 Å². The normalized spacial score (nSPS) is 28.0. The maximum atomic E-state index is 12.9. The molecule has 1 aromatic carbocycles. The molecule has 2 aliphatic heterocycles. The number of rotatable bonds is 5. The Hall–Kier alpha value is -1.88. The van der Waals surface area contributed by atoms with Crippen molar-refractivity contribution in [3.05, 3.63) is 35.9 Å². The van der Waals surface area contributed by atoms with Crippen molar-refractivity contribution in [2.75, 3.05) is 13.1 Å². The largest absolute Gasteiger partial charge is 0.369 e. The zero-order valence-electron chi connectivity index (χ0n) is 14.9. The summed E-state index contributed by atoms with van der Waals surface area (Å²) in [6.07, 6.45) is 1.69. The minimum absolute atomic E-state index is 0.0697. The van der Waals surface area contributed by atoms with Crippen LogP contribution < -0.4 is 5.73 Å². The molecule has 5 heteroatoms. The first-order valence-corrected chi connectivity index (χ1v) is 8.84. The fraction of sp³-hybridized carbons (Fsp3) is 0.579. The molecule has 1 aromatic rings. The van der Waals surface area contributed by atoms with E-state index in [9.17, 15) is 4.79 Å². The summed E-state index contributed by atoms with van der Waals surface area (Å²) in [6, 6.07) is 10.6. The third kappa shape index (κ3) is 3.31. The van der Waals surface area contributed by atoms with Crippen molar-refractivity contribution in [3.63, 3.8) is 0 Å². The Morgan fingerprint density at radius 1 is 1.33 bits per heavy atom. The first-order chi connectivity index (χ1) is 11.4. The second-order valence-corrected chi connectivity index (χ2v) is 7.68. The van der Waals surface area contributed by atoms with Crippen LogP contribution >= 0.6 is 0 Å². The molecule has 2 atom stereocenters. The van der Waals surface area contributed by atoms with Crippen molar-refractivity contribution in [3.8, 4) is 0 Å². The van der Waals surface area contributed by atoms with Crippen LogP contribution in [-0.2, 0) is 11.3 Å². The smallest absolute Gasteiger partial charge is 0.257 e. The first kappa shape index (κ1) is 17.0. The van der Waals surface area contributed by atoms with Crippen LogP contribution in [0, 0.1) is 5.92 Å². The van der Waals surface area contributed by atoms with Gasteiger partial charge in [-0.2, -0.15) is 0 Å². The third-order valence-corrected chi connectivity index (χ3v) is 4.96. The summed E-state index contributed by atoms with van der Waals surface area (Å²) in [4.78, 5) is 21.6. The summed E-state index contributed by atoms with van der Waals surface area (Å²) in [5, 5.41) is 0. The van der Waals surface area contributed by atoms with Crippen molar-refractivity contribution >= 4 is 11.9 Å². The maximum absolute atomic E-state index is 12.9. The quantitative estimate of drug-likeness (QED) is 0.901. The van der Waals surface area contributed by atoms with Gasteiger partial charge in [0.25, 0.3) is 5.91 Å². The SMILES string of the molecule is CC(C)CC1(C)N=C(N)N(C2CCN(Cc3ccccc3)C2)C1=O. The zero-order valence-corrected chi connectivity index (χ0v) is 14.9. The summed E-state index contributed by atoms with van der Waals surface area (Å²) < 4.78 is 0. The van der Waals surface area contributed by atoms with Crippen molar-refractivity contribution in [1.82, 2.24) is 9.80 Å². The van der Waals surface area contributed by atoms with Crippen LogP contribution in [0.4, 0.5) is 0 Å². The topological polar surface area (TPSA) is 61.9 Å². The Morgan fingerprint density at radius 3 is 2.71 bits per heavy atom. The fourth-order valence-corrected chi connectivity index (χ4v) is 4.01. The summed E-state index contributed by atoms with van der Waals surface area (Å²) in [5.74, 6) is 0.878. The van der Waals surface area contributed by atoms with Gasteiger partial charge >= 0.3 is 0 Å². The van der Waals surface area contributed by atoms with Crippen LogP contribution in [0.2, 0.25) is 0 Å². The minimum Gasteiger partial charge on any atom is -0.369 e.